The smallest absolute Gasteiger partial charge is 0.264 e. The number of carbonyl (C=O) groups excluding carboxylic acids is 2. The van der Waals surface area contributed by atoms with Gasteiger partial charge in [0.05, 0.1) is 18.7 Å². The molecule has 2 aromatic carbocycles. The van der Waals surface area contributed by atoms with Gasteiger partial charge in [-0.2, -0.15) is 0 Å². The summed E-state index contributed by atoms with van der Waals surface area (Å²) in [5.41, 5.74) is -0.698. The summed E-state index contributed by atoms with van der Waals surface area (Å²) in [6, 6.07) is 11.5. The Morgan fingerprint density at radius 1 is 1.30 bits per heavy atom. The van der Waals surface area contributed by atoms with Gasteiger partial charge in [0.15, 0.2) is 11.4 Å². The zero-order valence-electron chi connectivity index (χ0n) is 14.9. The number of ketones is 1. The van der Waals surface area contributed by atoms with Crippen molar-refractivity contribution in [2.75, 3.05) is 18.1 Å². The Morgan fingerprint density at radius 2 is 2.00 bits per heavy atom. The number of benzene rings is 2. The molecule has 1 aliphatic heterocycles. The highest BCUT2D eigenvalue weighted by atomic mass is 35.5. The molecule has 0 spiro atoms. The van der Waals surface area contributed by atoms with E-state index in [1.807, 2.05) is 6.92 Å². The molecule has 1 atom stereocenters. The van der Waals surface area contributed by atoms with Gasteiger partial charge in [0.2, 0.25) is 0 Å². The van der Waals surface area contributed by atoms with E-state index in [9.17, 15) is 14.7 Å². The Hall–Kier alpha value is -2.63. The molecule has 5 nitrogen and oxygen atoms in total. The van der Waals surface area contributed by atoms with Crippen LogP contribution >= 0.6 is 11.6 Å². The van der Waals surface area contributed by atoms with Crippen LogP contribution in [0.2, 0.25) is 5.02 Å². The zero-order valence-corrected chi connectivity index (χ0v) is 15.7. The van der Waals surface area contributed by atoms with Crippen LogP contribution in [0.1, 0.15) is 29.3 Å². The monoisotopic (exact) mass is 385 g/mol. The van der Waals surface area contributed by atoms with Gasteiger partial charge in [-0.1, -0.05) is 17.7 Å². The maximum atomic E-state index is 12.9. The van der Waals surface area contributed by atoms with Crippen LogP contribution in [0.4, 0.5) is 5.69 Å². The van der Waals surface area contributed by atoms with E-state index in [0.717, 1.165) is 0 Å². The van der Waals surface area contributed by atoms with Crippen LogP contribution in [-0.4, -0.2) is 29.9 Å². The predicted molar refractivity (Wildman–Crippen MR) is 104 cm³/mol. The lowest BCUT2D eigenvalue weighted by atomic mass is 9.88. The molecule has 0 saturated heterocycles. The highest BCUT2D eigenvalue weighted by Crippen LogP contribution is 2.44. The summed E-state index contributed by atoms with van der Waals surface area (Å²) >= 11 is 6.06. The van der Waals surface area contributed by atoms with Gasteiger partial charge in [-0.25, -0.2) is 0 Å². The van der Waals surface area contributed by atoms with Gasteiger partial charge in [-0.05, 0) is 49.4 Å². The second-order valence-electron chi connectivity index (χ2n) is 6.28. The standard InChI is InChI=1S/C21H20ClNO4/c1-3-11-23-18-10-7-15(22)12-17(18)21(26,20(23)25)13-19(24)14-5-8-16(9-6-14)27-4-2/h3,5-10,12,26H,1,4,11,13H2,2H3/t21-/m0/s1. The Morgan fingerprint density at radius 3 is 2.63 bits per heavy atom. The number of ether oxygens (including phenoxy) is 1. The molecule has 1 heterocycles. The zero-order chi connectivity index (χ0) is 19.6. The minimum Gasteiger partial charge on any atom is -0.494 e. The van der Waals surface area contributed by atoms with Gasteiger partial charge in [-0.3, -0.25) is 9.59 Å². The largest absolute Gasteiger partial charge is 0.494 e. The number of nitrogens with zero attached hydrogens (tertiary/aromatic N) is 1. The van der Waals surface area contributed by atoms with Crippen LogP contribution in [0.3, 0.4) is 0 Å². The number of aliphatic hydroxyl groups is 1. The predicted octanol–water partition coefficient (Wildman–Crippen LogP) is 3.73. The summed E-state index contributed by atoms with van der Waals surface area (Å²) in [4.78, 5) is 27.1. The first-order chi connectivity index (χ1) is 12.9. The molecule has 0 fully saturated rings. The average Bonchev–Trinajstić information content (AvgIpc) is 2.84. The Labute approximate surface area is 162 Å². The van der Waals surface area contributed by atoms with Crippen LogP contribution in [0, 0.1) is 0 Å². The molecule has 1 N–H and O–H groups in total. The molecular weight excluding hydrogens is 366 g/mol. The molecule has 0 unspecified atom stereocenters. The molecule has 6 heteroatoms. The van der Waals surface area contributed by atoms with Crippen LogP contribution in [0.25, 0.3) is 0 Å². The van der Waals surface area contributed by atoms with Crippen LogP contribution in [0.15, 0.2) is 55.1 Å². The van der Waals surface area contributed by atoms with E-state index in [2.05, 4.69) is 6.58 Å². The number of halogens is 1. The second kappa shape index (κ2) is 7.55. The minimum absolute atomic E-state index is 0.229. The Bertz CT molecular complexity index is 894. The lowest BCUT2D eigenvalue weighted by molar-refractivity contribution is -0.135. The first-order valence-corrected chi connectivity index (χ1v) is 9.00. The SMILES string of the molecule is C=CCN1C(=O)[C@](O)(CC(=O)c2ccc(OCC)cc2)c2cc(Cl)ccc21. The Kier molecular flexibility index (Phi) is 5.35. The lowest BCUT2D eigenvalue weighted by Crippen LogP contribution is -2.41. The van der Waals surface area contributed by atoms with Gasteiger partial charge >= 0.3 is 0 Å². The van der Waals surface area contributed by atoms with Crippen LogP contribution < -0.4 is 9.64 Å². The third-order valence-electron chi connectivity index (χ3n) is 4.51. The Balaban J connectivity index is 1.93. The number of hydrogen-bond donors (Lipinski definition) is 1. The molecule has 1 aliphatic rings. The van der Waals surface area contributed by atoms with Gasteiger partial charge in [0, 0.05) is 22.7 Å². The maximum Gasteiger partial charge on any atom is 0.264 e. The molecule has 3 rings (SSSR count). The van der Waals surface area contributed by atoms with Crippen molar-refractivity contribution in [3.8, 4) is 5.75 Å². The summed E-state index contributed by atoms with van der Waals surface area (Å²) in [6.07, 6.45) is 1.19. The van der Waals surface area contributed by atoms with Crippen molar-refractivity contribution >= 4 is 29.0 Å². The average molecular weight is 386 g/mol. The number of carbonyl (C=O) groups is 2. The van der Waals surface area contributed by atoms with E-state index in [1.54, 1.807) is 42.5 Å². The molecule has 27 heavy (non-hydrogen) atoms. The van der Waals surface area contributed by atoms with E-state index in [1.165, 1.54) is 11.0 Å². The van der Waals surface area contributed by atoms with Crippen LogP contribution in [0.5, 0.6) is 5.75 Å². The number of rotatable bonds is 7. The van der Waals surface area contributed by atoms with Crippen molar-refractivity contribution in [1.82, 2.24) is 0 Å². The second-order valence-corrected chi connectivity index (χ2v) is 6.72. The van der Waals surface area contributed by atoms with Crippen LogP contribution in [-0.2, 0) is 10.4 Å². The third kappa shape index (κ3) is 3.48. The molecule has 0 bridgehead atoms. The topological polar surface area (TPSA) is 66.8 Å². The van der Waals surface area contributed by atoms with E-state index < -0.39 is 11.5 Å². The lowest BCUT2D eigenvalue weighted by Gasteiger charge is -2.22. The third-order valence-corrected chi connectivity index (χ3v) is 4.74. The molecule has 0 radical (unpaired) electrons. The summed E-state index contributed by atoms with van der Waals surface area (Å²) in [6.45, 7) is 6.28. The van der Waals surface area contributed by atoms with Gasteiger partial charge in [-0.15, -0.1) is 6.58 Å². The highest BCUT2D eigenvalue weighted by Gasteiger charge is 2.50. The van der Waals surface area contributed by atoms with Crippen molar-refractivity contribution < 1.29 is 19.4 Å². The fraction of sp³-hybridized carbons (Fsp3) is 0.238. The normalized spacial score (nSPS) is 18.3. The van der Waals surface area contributed by atoms with Crippen molar-refractivity contribution in [1.29, 1.82) is 0 Å². The van der Waals surface area contributed by atoms with Gasteiger partial charge in [0.1, 0.15) is 5.75 Å². The van der Waals surface area contributed by atoms with E-state index in [-0.39, 0.29) is 18.7 Å². The molecule has 0 aliphatic carbocycles. The molecule has 1 amide bonds. The number of hydrogen-bond acceptors (Lipinski definition) is 4. The molecule has 0 aromatic heterocycles. The first kappa shape index (κ1) is 19.1. The maximum absolute atomic E-state index is 12.9. The van der Waals surface area contributed by atoms with Crippen molar-refractivity contribution in [3.63, 3.8) is 0 Å². The highest BCUT2D eigenvalue weighted by molar-refractivity contribution is 6.31. The summed E-state index contributed by atoms with van der Waals surface area (Å²) in [5, 5.41) is 11.6. The van der Waals surface area contributed by atoms with Crippen molar-refractivity contribution in [2.45, 2.75) is 18.9 Å². The fourth-order valence-corrected chi connectivity index (χ4v) is 3.41. The number of fused-ring (bicyclic) bond motifs is 1. The molecular formula is C21H20ClNO4. The van der Waals surface area contributed by atoms with E-state index >= 15 is 0 Å². The molecule has 140 valence electrons. The van der Waals surface area contributed by atoms with E-state index in [4.69, 9.17) is 16.3 Å². The van der Waals surface area contributed by atoms with Crippen molar-refractivity contribution in [3.05, 3.63) is 71.3 Å². The summed E-state index contributed by atoms with van der Waals surface area (Å²) < 4.78 is 5.37. The van der Waals surface area contributed by atoms with Gasteiger partial charge < -0.3 is 14.7 Å². The van der Waals surface area contributed by atoms with Gasteiger partial charge in [0.25, 0.3) is 5.91 Å². The molecule has 2 aromatic rings. The van der Waals surface area contributed by atoms with Crippen molar-refractivity contribution in [2.24, 2.45) is 0 Å². The quantitative estimate of drug-likeness (QED) is 0.582. The number of Topliss-reactive ketones (excluding diaryl/α,β-unsaturated/α-hetero) is 1. The number of amides is 1. The summed E-state index contributed by atoms with van der Waals surface area (Å²) in [5.74, 6) is -0.252. The summed E-state index contributed by atoms with van der Waals surface area (Å²) in [7, 11) is 0. The number of anilines is 1. The minimum atomic E-state index is -1.96. The molecule has 0 saturated carbocycles. The van der Waals surface area contributed by atoms with E-state index in [0.29, 0.717) is 34.2 Å². The fourth-order valence-electron chi connectivity index (χ4n) is 3.24. The first-order valence-electron chi connectivity index (χ1n) is 8.62.